The van der Waals surface area contributed by atoms with E-state index in [1.807, 2.05) is 0 Å². The lowest BCUT2D eigenvalue weighted by Gasteiger charge is -2.58. The number of ether oxygens (including phenoxy) is 2. The normalized spacial score (nSPS) is 51.9. The van der Waals surface area contributed by atoms with Crippen molar-refractivity contribution in [3.63, 3.8) is 0 Å². The highest BCUT2D eigenvalue weighted by molar-refractivity contribution is 5.32. The minimum absolute atomic E-state index is 0.234. The lowest BCUT2D eigenvalue weighted by atomic mass is 9.48. The van der Waals surface area contributed by atoms with E-state index in [4.69, 9.17) is 9.47 Å². The molecule has 0 aromatic carbocycles. The van der Waals surface area contributed by atoms with Gasteiger partial charge in [0.15, 0.2) is 11.4 Å². The zero-order valence-corrected chi connectivity index (χ0v) is 16.1. The highest BCUT2D eigenvalue weighted by atomic mass is 16.7. The lowest BCUT2D eigenvalue weighted by molar-refractivity contribution is -0.207. The summed E-state index contributed by atoms with van der Waals surface area (Å²) < 4.78 is 12.1. The molecule has 0 aromatic rings. The van der Waals surface area contributed by atoms with Gasteiger partial charge >= 0.3 is 0 Å². The summed E-state index contributed by atoms with van der Waals surface area (Å²) >= 11 is 0. The van der Waals surface area contributed by atoms with Crippen LogP contribution < -0.4 is 0 Å². The van der Waals surface area contributed by atoms with Gasteiger partial charge in [-0.2, -0.15) is 5.26 Å². The first-order valence-electron chi connectivity index (χ1n) is 10.5. The van der Waals surface area contributed by atoms with Crippen molar-refractivity contribution in [2.75, 3.05) is 13.2 Å². The molecule has 5 rings (SSSR count). The van der Waals surface area contributed by atoms with Crippen LogP contribution in [0.15, 0.2) is 11.6 Å². The van der Waals surface area contributed by atoms with Crippen LogP contribution in [0.4, 0.5) is 0 Å². The second-order valence-corrected chi connectivity index (χ2v) is 10.0. The SMILES string of the molecule is C[C@]12CC=C3C(CCC4CC5(CC[C@]34C)OCCO5)C1CC[C@]2(O)C#N. The maximum Gasteiger partial charge on any atom is 0.168 e. The lowest BCUT2D eigenvalue weighted by Crippen LogP contribution is -2.53. The van der Waals surface area contributed by atoms with Crippen LogP contribution in [0.25, 0.3) is 0 Å². The van der Waals surface area contributed by atoms with Crippen molar-refractivity contribution in [3.05, 3.63) is 11.6 Å². The molecule has 1 heterocycles. The van der Waals surface area contributed by atoms with E-state index in [1.165, 1.54) is 12.8 Å². The van der Waals surface area contributed by atoms with Crippen LogP contribution in [0, 0.1) is 39.9 Å². The molecule has 0 radical (unpaired) electrons. The molecule has 4 heteroatoms. The van der Waals surface area contributed by atoms with E-state index in [9.17, 15) is 10.4 Å². The summed E-state index contributed by atoms with van der Waals surface area (Å²) in [7, 11) is 0. The second-order valence-electron chi connectivity index (χ2n) is 10.0. The second kappa shape index (κ2) is 5.34. The van der Waals surface area contributed by atoms with Crippen LogP contribution in [0.1, 0.15) is 65.2 Å². The molecule has 1 aliphatic heterocycles. The van der Waals surface area contributed by atoms with Crippen molar-refractivity contribution in [2.24, 2.45) is 28.6 Å². The molecule has 3 unspecified atom stereocenters. The van der Waals surface area contributed by atoms with Gasteiger partial charge in [0.2, 0.25) is 0 Å². The van der Waals surface area contributed by atoms with E-state index < -0.39 is 5.60 Å². The van der Waals surface area contributed by atoms with Crippen LogP contribution >= 0.6 is 0 Å². The topological polar surface area (TPSA) is 62.5 Å². The van der Waals surface area contributed by atoms with Gasteiger partial charge in [0.05, 0.1) is 19.3 Å². The van der Waals surface area contributed by atoms with E-state index in [1.54, 1.807) is 5.57 Å². The minimum atomic E-state index is -1.15. The third-order valence-corrected chi connectivity index (χ3v) is 9.18. The molecule has 0 amide bonds. The van der Waals surface area contributed by atoms with Crippen molar-refractivity contribution in [1.29, 1.82) is 5.26 Å². The third-order valence-electron chi connectivity index (χ3n) is 9.18. The van der Waals surface area contributed by atoms with Crippen LogP contribution in [0.2, 0.25) is 0 Å². The fourth-order valence-electron chi connectivity index (χ4n) is 7.43. The monoisotopic (exact) mass is 357 g/mol. The molecule has 142 valence electrons. The predicted molar refractivity (Wildman–Crippen MR) is 96.9 cm³/mol. The maximum absolute atomic E-state index is 11.0. The molecule has 26 heavy (non-hydrogen) atoms. The van der Waals surface area contributed by atoms with Crippen molar-refractivity contribution < 1.29 is 14.6 Å². The molecule has 4 nitrogen and oxygen atoms in total. The largest absolute Gasteiger partial charge is 0.375 e. The summed E-state index contributed by atoms with van der Waals surface area (Å²) in [6.07, 6.45) is 10.4. The smallest absolute Gasteiger partial charge is 0.168 e. The Morgan fingerprint density at radius 2 is 1.88 bits per heavy atom. The number of nitrogens with zero attached hydrogens (tertiary/aromatic N) is 1. The Labute approximate surface area is 156 Å². The highest BCUT2D eigenvalue weighted by Crippen LogP contribution is 2.67. The molecule has 0 aromatic heterocycles. The van der Waals surface area contributed by atoms with E-state index in [2.05, 4.69) is 26.0 Å². The van der Waals surface area contributed by atoms with Gasteiger partial charge in [-0.05, 0) is 61.7 Å². The Morgan fingerprint density at radius 3 is 2.62 bits per heavy atom. The summed E-state index contributed by atoms with van der Waals surface area (Å²) in [5, 5.41) is 20.6. The average molecular weight is 357 g/mol. The summed E-state index contributed by atoms with van der Waals surface area (Å²) in [4.78, 5) is 0. The van der Waals surface area contributed by atoms with E-state index in [0.29, 0.717) is 24.2 Å². The fraction of sp³-hybridized carbons (Fsp3) is 0.864. The number of hydrogen-bond acceptors (Lipinski definition) is 4. The molecule has 0 bridgehead atoms. The maximum atomic E-state index is 11.0. The zero-order valence-electron chi connectivity index (χ0n) is 16.1. The fourth-order valence-corrected chi connectivity index (χ4v) is 7.43. The highest BCUT2D eigenvalue weighted by Gasteiger charge is 2.63. The number of allylic oxidation sites excluding steroid dienone is 2. The summed E-state index contributed by atoms with van der Waals surface area (Å²) in [5.74, 6) is 1.30. The molecule has 1 N–H and O–H groups in total. The number of hydrogen-bond donors (Lipinski definition) is 1. The molecular weight excluding hydrogens is 326 g/mol. The van der Waals surface area contributed by atoms with Crippen LogP contribution in [0.3, 0.4) is 0 Å². The molecule has 3 saturated carbocycles. The van der Waals surface area contributed by atoms with E-state index in [-0.39, 0.29) is 16.6 Å². The predicted octanol–water partition coefficient (Wildman–Crippen LogP) is 3.95. The standard InChI is InChI=1S/C22H31NO3/c1-19-9-10-22(25-11-12-26-22)13-15(19)3-4-16-17(19)5-7-20(2)18(16)6-8-21(20,24)14-23/h5,15-16,18,24H,3-4,6-13H2,1-2H3/t15?,16?,18?,19-,20-,21-/m0/s1. The Kier molecular flexibility index (Phi) is 3.54. The van der Waals surface area contributed by atoms with E-state index >= 15 is 0 Å². The average Bonchev–Trinajstić information content (AvgIpc) is 3.19. The van der Waals surface area contributed by atoms with Crippen molar-refractivity contribution in [2.45, 2.75) is 76.6 Å². The molecule has 5 aliphatic rings. The third kappa shape index (κ3) is 2.00. The summed E-state index contributed by atoms with van der Waals surface area (Å²) in [6, 6.07) is 2.27. The van der Waals surface area contributed by atoms with Crippen LogP contribution in [-0.4, -0.2) is 29.7 Å². The van der Waals surface area contributed by atoms with Crippen molar-refractivity contribution >= 4 is 0 Å². The van der Waals surface area contributed by atoms with Crippen molar-refractivity contribution in [1.82, 2.24) is 0 Å². The Balaban J connectivity index is 1.47. The number of nitriles is 1. The molecule has 6 atom stereocenters. The van der Waals surface area contributed by atoms with Gasteiger partial charge < -0.3 is 14.6 Å². The van der Waals surface area contributed by atoms with Crippen molar-refractivity contribution in [3.8, 4) is 6.07 Å². The van der Waals surface area contributed by atoms with Gasteiger partial charge in [-0.15, -0.1) is 0 Å². The quantitative estimate of drug-likeness (QED) is 0.527. The Bertz CT molecular complexity index is 690. The summed E-state index contributed by atoms with van der Waals surface area (Å²) in [6.45, 7) is 6.10. The van der Waals surface area contributed by atoms with Crippen LogP contribution in [0.5, 0.6) is 0 Å². The Morgan fingerprint density at radius 1 is 1.12 bits per heavy atom. The molecule has 1 saturated heterocycles. The van der Waals surface area contributed by atoms with E-state index in [0.717, 1.165) is 45.3 Å². The van der Waals surface area contributed by atoms with Gasteiger partial charge in [0.1, 0.15) is 0 Å². The number of aliphatic hydroxyl groups is 1. The molecule has 4 fully saturated rings. The number of rotatable bonds is 0. The first-order chi connectivity index (χ1) is 12.4. The molecular formula is C22H31NO3. The van der Waals surface area contributed by atoms with Gasteiger partial charge in [-0.25, -0.2) is 0 Å². The minimum Gasteiger partial charge on any atom is -0.375 e. The zero-order chi connectivity index (χ0) is 18.2. The van der Waals surface area contributed by atoms with Gasteiger partial charge in [0, 0.05) is 18.3 Å². The Hall–Kier alpha value is -0.890. The van der Waals surface area contributed by atoms with Gasteiger partial charge in [-0.3, -0.25) is 0 Å². The van der Waals surface area contributed by atoms with Crippen LogP contribution in [-0.2, 0) is 9.47 Å². The van der Waals surface area contributed by atoms with Gasteiger partial charge in [-0.1, -0.05) is 25.5 Å². The first-order valence-corrected chi connectivity index (χ1v) is 10.5. The number of fused-ring (bicyclic) bond motifs is 5. The van der Waals surface area contributed by atoms with Gasteiger partial charge in [0.25, 0.3) is 0 Å². The summed E-state index contributed by atoms with van der Waals surface area (Å²) in [5.41, 5.74) is 0.427. The molecule has 1 spiro atoms. The first kappa shape index (κ1) is 17.2. The molecule has 4 aliphatic carbocycles.